The average Bonchev–Trinajstić information content (AvgIpc) is 2.97. The Labute approximate surface area is 174 Å². The third-order valence-corrected chi connectivity index (χ3v) is 5.56. The highest BCUT2D eigenvalue weighted by Gasteiger charge is 2.44. The molecule has 1 aromatic carbocycles. The van der Waals surface area contributed by atoms with Crippen molar-refractivity contribution in [2.24, 2.45) is 17.6 Å². The van der Waals surface area contributed by atoms with Crippen LogP contribution in [-0.2, 0) is 19.1 Å². The number of carbonyl (C=O) groups excluding carboxylic acids is 5. The van der Waals surface area contributed by atoms with Gasteiger partial charge in [-0.1, -0.05) is 26.0 Å². The average molecular weight is 415 g/mol. The van der Waals surface area contributed by atoms with E-state index >= 15 is 0 Å². The van der Waals surface area contributed by atoms with Crippen LogP contribution in [0.5, 0.6) is 0 Å². The van der Waals surface area contributed by atoms with Gasteiger partial charge in [-0.05, 0) is 30.9 Å². The second-order valence-electron chi connectivity index (χ2n) is 7.88. The second kappa shape index (κ2) is 8.64. The fourth-order valence-electron chi connectivity index (χ4n) is 3.86. The summed E-state index contributed by atoms with van der Waals surface area (Å²) in [5.74, 6) is -3.33. The molecule has 0 aliphatic carbocycles. The molecule has 1 unspecified atom stereocenters. The van der Waals surface area contributed by atoms with E-state index in [4.69, 9.17) is 10.5 Å². The summed E-state index contributed by atoms with van der Waals surface area (Å²) in [5.41, 5.74) is 5.78. The lowest BCUT2D eigenvalue weighted by molar-refractivity contribution is -0.157. The van der Waals surface area contributed by atoms with Crippen LogP contribution in [0.15, 0.2) is 24.3 Å². The maximum Gasteiger partial charge on any atom is 0.330 e. The maximum atomic E-state index is 12.7. The number of fused-ring (bicyclic) bond motifs is 1. The number of hydrogen-bond acceptors (Lipinski definition) is 6. The Hall–Kier alpha value is -3.23. The molecule has 0 spiro atoms. The minimum absolute atomic E-state index is 0.245. The van der Waals surface area contributed by atoms with Gasteiger partial charge in [0.25, 0.3) is 17.7 Å². The number of likely N-dealkylation sites (tertiary alicyclic amines) is 1. The molecule has 160 valence electrons. The number of ether oxygens (including phenoxy) is 1. The van der Waals surface area contributed by atoms with Crippen molar-refractivity contribution in [2.45, 2.75) is 32.7 Å². The van der Waals surface area contributed by atoms with E-state index in [1.165, 1.54) is 17.0 Å². The molecule has 0 saturated carbocycles. The fourth-order valence-corrected chi connectivity index (χ4v) is 3.86. The zero-order valence-corrected chi connectivity index (χ0v) is 17.0. The third kappa shape index (κ3) is 4.05. The first-order valence-corrected chi connectivity index (χ1v) is 9.93. The largest absolute Gasteiger partial charge is 0.454 e. The molecule has 2 aliphatic heterocycles. The molecule has 4 amide bonds. The SMILES string of the molecule is CC(C)C(C(=O)OCC(=O)N1CCC(C(N)=O)CC1)N1C(=O)c2ccccc2C1=O. The summed E-state index contributed by atoms with van der Waals surface area (Å²) in [6.07, 6.45) is 0.942. The molecule has 2 aliphatic rings. The van der Waals surface area contributed by atoms with E-state index in [1.807, 2.05) is 0 Å². The molecule has 0 radical (unpaired) electrons. The molecule has 0 aromatic heterocycles. The van der Waals surface area contributed by atoms with Crippen LogP contribution in [0.25, 0.3) is 0 Å². The molecule has 3 rings (SSSR count). The quantitative estimate of drug-likeness (QED) is 0.535. The van der Waals surface area contributed by atoms with Crippen molar-refractivity contribution in [3.63, 3.8) is 0 Å². The number of piperidine rings is 1. The zero-order chi connectivity index (χ0) is 22.0. The molecule has 1 fully saturated rings. The van der Waals surface area contributed by atoms with Crippen LogP contribution in [0.4, 0.5) is 0 Å². The fraction of sp³-hybridized carbons (Fsp3) is 0.476. The van der Waals surface area contributed by atoms with E-state index in [0.717, 1.165) is 4.90 Å². The summed E-state index contributed by atoms with van der Waals surface area (Å²) in [7, 11) is 0. The van der Waals surface area contributed by atoms with E-state index in [1.54, 1.807) is 26.0 Å². The van der Waals surface area contributed by atoms with Crippen molar-refractivity contribution in [2.75, 3.05) is 19.7 Å². The molecule has 1 atom stereocenters. The summed E-state index contributed by atoms with van der Waals surface area (Å²) in [6.45, 7) is 3.62. The van der Waals surface area contributed by atoms with Crippen LogP contribution in [-0.4, -0.2) is 65.1 Å². The van der Waals surface area contributed by atoms with Crippen molar-refractivity contribution in [3.8, 4) is 0 Å². The van der Waals surface area contributed by atoms with Gasteiger partial charge in [-0.15, -0.1) is 0 Å². The Morgan fingerprint density at radius 3 is 2.07 bits per heavy atom. The van der Waals surface area contributed by atoms with Crippen molar-refractivity contribution in [1.82, 2.24) is 9.80 Å². The van der Waals surface area contributed by atoms with Gasteiger partial charge in [0.15, 0.2) is 6.61 Å². The normalized spacial score (nSPS) is 17.8. The summed E-state index contributed by atoms with van der Waals surface area (Å²) in [5, 5.41) is 0. The minimum atomic E-state index is -1.13. The monoisotopic (exact) mass is 415 g/mol. The lowest BCUT2D eigenvalue weighted by atomic mass is 9.96. The standard InChI is InChI=1S/C21H25N3O6/c1-12(2)17(24-19(27)14-5-3-4-6-15(14)20(24)28)21(29)30-11-16(25)23-9-7-13(8-10-23)18(22)26/h3-6,12-13,17H,7-11H2,1-2H3,(H2,22,26). The molecular weight excluding hydrogens is 390 g/mol. The molecule has 9 nitrogen and oxygen atoms in total. The van der Waals surface area contributed by atoms with Crippen LogP contribution in [0.1, 0.15) is 47.4 Å². The first-order chi connectivity index (χ1) is 14.2. The van der Waals surface area contributed by atoms with Gasteiger partial charge in [0.1, 0.15) is 6.04 Å². The number of esters is 1. The zero-order valence-electron chi connectivity index (χ0n) is 17.0. The van der Waals surface area contributed by atoms with E-state index in [9.17, 15) is 24.0 Å². The van der Waals surface area contributed by atoms with Crippen LogP contribution >= 0.6 is 0 Å². The lowest BCUT2D eigenvalue weighted by Gasteiger charge is -2.31. The van der Waals surface area contributed by atoms with Gasteiger partial charge in [0, 0.05) is 19.0 Å². The smallest absolute Gasteiger partial charge is 0.330 e. The van der Waals surface area contributed by atoms with Crippen molar-refractivity contribution in [3.05, 3.63) is 35.4 Å². The van der Waals surface area contributed by atoms with Crippen LogP contribution < -0.4 is 5.73 Å². The molecule has 30 heavy (non-hydrogen) atoms. The maximum absolute atomic E-state index is 12.7. The van der Waals surface area contributed by atoms with E-state index in [-0.39, 0.29) is 23.0 Å². The van der Waals surface area contributed by atoms with E-state index in [0.29, 0.717) is 25.9 Å². The molecular formula is C21H25N3O6. The van der Waals surface area contributed by atoms with Crippen LogP contribution in [0.2, 0.25) is 0 Å². The number of benzene rings is 1. The summed E-state index contributed by atoms with van der Waals surface area (Å²) in [4.78, 5) is 64.2. The molecule has 2 N–H and O–H groups in total. The lowest BCUT2D eigenvalue weighted by Crippen LogP contribution is -2.49. The predicted molar refractivity (Wildman–Crippen MR) is 105 cm³/mol. The number of amides is 4. The minimum Gasteiger partial charge on any atom is -0.454 e. The number of nitrogens with two attached hydrogens (primary N) is 1. The Bertz CT molecular complexity index is 853. The van der Waals surface area contributed by atoms with Gasteiger partial charge in [-0.3, -0.25) is 24.1 Å². The molecule has 2 heterocycles. The van der Waals surface area contributed by atoms with Gasteiger partial charge in [-0.2, -0.15) is 0 Å². The number of hydrogen-bond donors (Lipinski definition) is 1. The number of imide groups is 1. The second-order valence-corrected chi connectivity index (χ2v) is 7.88. The molecule has 0 bridgehead atoms. The highest BCUT2D eigenvalue weighted by molar-refractivity contribution is 6.22. The molecule has 9 heteroatoms. The summed E-state index contributed by atoms with van der Waals surface area (Å²) in [6, 6.07) is 5.24. The van der Waals surface area contributed by atoms with Crippen molar-refractivity contribution >= 4 is 29.6 Å². The van der Waals surface area contributed by atoms with Gasteiger partial charge in [-0.25, -0.2) is 4.79 Å². The number of primary amides is 1. The highest BCUT2D eigenvalue weighted by atomic mass is 16.5. The van der Waals surface area contributed by atoms with E-state index < -0.39 is 42.3 Å². The van der Waals surface area contributed by atoms with E-state index in [2.05, 4.69) is 0 Å². The Morgan fingerprint density at radius 1 is 1.07 bits per heavy atom. The van der Waals surface area contributed by atoms with Gasteiger partial charge in [0.05, 0.1) is 11.1 Å². The van der Waals surface area contributed by atoms with Crippen LogP contribution in [0, 0.1) is 11.8 Å². The first kappa shape index (κ1) is 21.5. The topological polar surface area (TPSA) is 127 Å². The van der Waals surface area contributed by atoms with Crippen molar-refractivity contribution < 1.29 is 28.7 Å². The molecule has 1 saturated heterocycles. The van der Waals surface area contributed by atoms with Gasteiger partial charge < -0.3 is 15.4 Å². The Kier molecular flexibility index (Phi) is 6.19. The third-order valence-electron chi connectivity index (χ3n) is 5.56. The van der Waals surface area contributed by atoms with Gasteiger partial charge in [0.2, 0.25) is 5.91 Å². The van der Waals surface area contributed by atoms with Crippen LogP contribution in [0.3, 0.4) is 0 Å². The Balaban J connectivity index is 1.63. The summed E-state index contributed by atoms with van der Waals surface area (Å²) >= 11 is 0. The number of carbonyl (C=O) groups is 5. The van der Waals surface area contributed by atoms with Crippen molar-refractivity contribution in [1.29, 1.82) is 0 Å². The summed E-state index contributed by atoms with van der Waals surface area (Å²) < 4.78 is 5.19. The van der Waals surface area contributed by atoms with Gasteiger partial charge >= 0.3 is 5.97 Å². The predicted octanol–water partition coefficient (Wildman–Crippen LogP) is 0.574. The highest BCUT2D eigenvalue weighted by Crippen LogP contribution is 2.27. The Morgan fingerprint density at radius 2 is 1.60 bits per heavy atom. The molecule has 1 aromatic rings. The number of nitrogens with zero attached hydrogens (tertiary/aromatic N) is 2. The number of rotatable bonds is 6. The first-order valence-electron chi connectivity index (χ1n) is 9.93.